The Hall–Kier alpha value is -2.29. The van der Waals surface area contributed by atoms with Gasteiger partial charge in [-0.25, -0.2) is 0 Å². The molecule has 0 saturated carbocycles. The monoisotopic (exact) mass is 267 g/mol. The molecule has 0 unspecified atom stereocenters. The Morgan fingerprint density at radius 3 is 2.45 bits per heavy atom. The molecule has 1 heterocycles. The van der Waals surface area contributed by atoms with E-state index in [0.717, 1.165) is 11.3 Å². The predicted octanol–water partition coefficient (Wildman–Crippen LogP) is 3.68. The van der Waals surface area contributed by atoms with Gasteiger partial charge in [0.25, 0.3) is 5.91 Å². The van der Waals surface area contributed by atoms with Crippen LogP contribution in [0.4, 0.5) is 5.69 Å². The van der Waals surface area contributed by atoms with Gasteiger partial charge in [-0.05, 0) is 41.3 Å². The molecule has 0 fully saturated rings. The van der Waals surface area contributed by atoms with Gasteiger partial charge in [0.1, 0.15) is 5.75 Å². The average Bonchev–Trinajstić information content (AvgIpc) is 2.76. The van der Waals surface area contributed by atoms with Crippen LogP contribution in [0.5, 0.6) is 5.75 Å². The highest BCUT2D eigenvalue weighted by atomic mass is 16.3. The summed E-state index contributed by atoms with van der Waals surface area (Å²) in [5, 5.41) is 9.50. The molecule has 1 amide bonds. The van der Waals surface area contributed by atoms with E-state index in [1.54, 1.807) is 17.0 Å². The highest BCUT2D eigenvalue weighted by Gasteiger charge is 2.28. The van der Waals surface area contributed by atoms with Crippen molar-refractivity contribution in [1.82, 2.24) is 0 Å². The van der Waals surface area contributed by atoms with Crippen molar-refractivity contribution < 1.29 is 9.90 Å². The molecule has 0 bridgehead atoms. The summed E-state index contributed by atoms with van der Waals surface area (Å²) in [6, 6.07) is 13.1. The quantitative estimate of drug-likeness (QED) is 0.901. The predicted molar refractivity (Wildman–Crippen MR) is 79.2 cm³/mol. The van der Waals surface area contributed by atoms with Gasteiger partial charge in [0, 0.05) is 11.3 Å². The topological polar surface area (TPSA) is 40.5 Å². The summed E-state index contributed by atoms with van der Waals surface area (Å²) >= 11 is 0. The van der Waals surface area contributed by atoms with E-state index in [1.807, 2.05) is 18.2 Å². The molecule has 3 heteroatoms. The van der Waals surface area contributed by atoms with Crippen molar-refractivity contribution in [1.29, 1.82) is 0 Å². The molecule has 1 aliphatic heterocycles. The van der Waals surface area contributed by atoms with Crippen molar-refractivity contribution in [2.75, 3.05) is 4.90 Å². The number of hydrogen-bond donors (Lipinski definition) is 1. The van der Waals surface area contributed by atoms with Crippen molar-refractivity contribution >= 4 is 11.6 Å². The maximum Gasteiger partial charge on any atom is 0.259 e. The molecule has 1 aliphatic rings. The first-order valence-corrected chi connectivity index (χ1v) is 6.80. The van der Waals surface area contributed by atoms with Gasteiger partial charge in [-0.15, -0.1) is 0 Å². The van der Waals surface area contributed by atoms with Crippen LogP contribution >= 0.6 is 0 Å². The molecule has 20 heavy (non-hydrogen) atoms. The molecule has 2 aromatic carbocycles. The number of carbonyl (C=O) groups is 1. The zero-order chi connectivity index (χ0) is 14.3. The van der Waals surface area contributed by atoms with Crippen molar-refractivity contribution in [3.05, 3.63) is 59.2 Å². The first-order chi connectivity index (χ1) is 9.56. The van der Waals surface area contributed by atoms with E-state index in [2.05, 4.69) is 26.0 Å². The number of amides is 1. The number of rotatable bonds is 2. The molecule has 2 aromatic rings. The van der Waals surface area contributed by atoms with E-state index >= 15 is 0 Å². The van der Waals surface area contributed by atoms with Gasteiger partial charge >= 0.3 is 0 Å². The Morgan fingerprint density at radius 2 is 1.80 bits per heavy atom. The van der Waals surface area contributed by atoms with Crippen LogP contribution in [-0.4, -0.2) is 11.0 Å². The Bertz CT molecular complexity index is 659. The minimum atomic E-state index is -0.0480. The van der Waals surface area contributed by atoms with Gasteiger partial charge in [0.05, 0.1) is 6.54 Å². The number of phenols is 1. The molecule has 0 aliphatic carbocycles. The zero-order valence-electron chi connectivity index (χ0n) is 11.6. The Morgan fingerprint density at radius 1 is 1.10 bits per heavy atom. The normalized spacial score (nSPS) is 13.9. The number of aromatic hydroxyl groups is 1. The lowest BCUT2D eigenvalue weighted by molar-refractivity contribution is 0.0996. The van der Waals surface area contributed by atoms with Crippen LogP contribution in [0.3, 0.4) is 0 Å². The average molecular weight is 267 g/mol. The van der Waals surface area contributed by atoms with Crippen molar-refractivity contribution in [3.63, 3.8) is 0 Å². The molecule has 0 aromatic heterocycles. The van der Waals surface area contributed by atoms with Gasteiger partial charge in [0.15, 0.2) is 0 Å². The van der Waals surface area contributed by atoms with Crippen molar-refractivity contribution in [3.8, 4) is 5.75 Å². The molecule has 3 nitrogen and oxygen atoms in total. The molecular weight excluding hydrogens is 250 g/mol. The number of hydrogen-bond acceptors (Lipinski definition) is 2. The molecule has 1 N–H and O–H groups in total. The standard InChI is InChI=1S/C17H17NO2/c1-11(2)12-3-6-14(7-4-12)18-10-13-5-8-15(19)9-16(13)17(18)20/h3-9,11,19H,10H2,1-2H3. The van der Waals surface area contributed by atoms with Gasteiger partial charge in [-0.1, -0.05) is 32.0 Å². The Kier molecular flexibility index (Phi) is 2.97. The van der Waals surface area contributed by atoms with E-state index in [9.17, 15) is 9.90 Å². The van der Waals surface area contributed by atoms with Gasteiger partial charge in [-0.2, -0.15) is 0 Å². The number of carbonyl (C=O) groups excluding carboxylic acids is 1. The van der Waals surface area contributed by atoms with Crippen LogP contribution in [0.25, 0.3) is 0 Å². The first kappa shape index (κ1) is 12.7. The largest absolute Gasteiger partial charge is 0.508 e. The van der Waals surface area contributed by atoms with Crippen LogP contribution < -0.4 is 4.90 Å². The maximum absolute atomic E-state index is 12.4. The van der Waals surface area contributed by atoms with Crippen LogP contribution in [-0.2, 0) is 6.54 Å². The van der Waals surface area contributed by atoms with Crippen LogP contribution in [0.2, 0.25) is 0 Å². The van der Waals surface area contributed by atoms with Gasteiger partial charge < -0.3 is 10.0 Å². The fourth-order valence-electron chi connectivity index (χ4n) is 2.54. The van der Waals surface area contributed by atoms with E-state index in [4.69, 9.17) is 0 Å². The number of benzene rings is 2. The number of anilines is 1. The minimum absolute atomic E-state index is 0.0480. The Labute approximate surface area is 118 Å². The first-order valence-electron chi connectivity index (χ1n) is 6.80. The highest BCUT2D eigenvalue weighted by molar-refractivity contribution is 6.10. The molecule has 0 radical (unpaired) electrons. The van der Waals surface area contributed by atoms with Gasteiger partial charge in [0.2, 0.25) is 0 Å². The van der Waals surface area contributed by atoms with Gasteiger partial charge in [-0.3, -0.25) is 4.79 Å². The second kappa shape index (κ2) is 4.67. The molecule has 0 spiro atoms. The fourth-order valence-corrected chi connectivity index (χ4v) is 2.54. The van der Waals surface area contributed by atoms with Crippen LogP contribution in [0, 0.1) is 0 Å². The van der Waals surface area contributed by atoms with Crippen molar-refractivity contribution in [2.45, 2.75) is 26.3 Å². The third-order valence-corrected chi connectivity index (χ3v) is 3.77. The van der Waals surface area contributed by atoms with Crippen molar-refractivity contribution in [2.24, 2.45) is 0 Å². The third-order valence-electron chi connectivity index (χ3n) is 3.77. The summed E-state index contributed by atoms with van der Waals surface area (Å²) in [7, 11) is 0. The number of fused-ring (bicyclic) bond motifs is 1. The van der Waals surface area contributed by atoms with Crippen LogP contribution in [0.15, 0.2) is 42.5 Å². The molecule has 0 saturated heterocycles. The second-order valence-corrected chi connectivity index (χ2v) is 5.48. The zero-order valence-corrected chi connectivity index (χ0v) is 11.6. The van der Waals surface area contributed by atoms with E-state index in [1.165, 1.54) is 5.56 Å². The fraction of sp³-hybridized carbons (Fsp3) is 0.235. The lowest BCUT2D eigenvalue weighted by Crippen LogP contribution is -2.22. The smallest absolute Gasteiger partial charge is 0.259 e. The highest BCUT2D eigenvalue weighted by Crippen LogP contribution is 2.31. The summed E-state index contributed by atoms with van der Waals surface area (Å²) in [4.78, 5) is 14.1. The molecular formula is C17H17NO2. The number of phenolic OH excluding ortho intramolecular Hbond substituents is 1. The number of nitrogens with zero attached hydrogens (tertiary/aromatic N) is 1. The summed E-state index contributed by atoms with van der Waals surface area (Å²) in [5.74, 6) is 0.565. The van der Waals surface area contributed by atoms with E-state index < -0.39 is 0 Å². The summed E-state index contributed by atoms with van der Waals surface area (Å²) in [5.41, 5.74) is 3.71. The second-order valence-electron chi connectivity index (χ2n) is 5.48. The SMILES string of the molecule is CC(C)c1ccc(N2Cc3ccc(O)cc3C2=O)cc1. The lowest BCUT2D eigenvalue weighted by atomic mass is 10.0. The summed E-state index contributed by atoms with van der Waals surface area (Å²) < 4.78 is 0. The van der Waals surface area contributed by atoms with Crippen LogP contribution in [0.1, 0.15) is 41.3 Å². The molecule has 102 valence electrons. The summed E-state index contributed by atoms with van der Waals surface area (Å²) in [6.07, 6.45) is 0. The van der Waals surface area contributed by atoms with E-state index in [-0.39, 0.29) is 11.7 Å². The summed E-state index contributed by atoms with van der Waals surface area (Å²) in [6.45, 7) is 4.86. The minimum Gasteiger partial charge on any atom is -0.508 e. The third kappa shape index (κ3) is 2.05. The molecule has 3 rings (SSSR count). The maximum atomic E-state index is 12.4. The Balaban J connectivity index is 1.92. The lowest BCUT2D eigenvalue weighted by Gasteiger charge is -2.16. The molecule has 0 atom stereocenters. The van der Waals surface area contributed by atoms with E-state index in [0.29, 0.717) is 18.0 Å².